The summed E-state index contributed by atoms with van der Waals surface area (Å²) in [7, 11) is 0. The number of non-ortho nitro benzene ring substituents is 1. The minimum Gasteiger partial charge on any atom is -0.493 e. The fraction of sp³-hybridized carbons (Fsp3) is 0.222. The van der Waals surface area contributed by atoms with Crippen LogP contribution in [-0.2, 0) is 4.79 Å². The Hall–Kier alpha value is -3.22. The highest BCUT2D eigenvalue weighted by molar-refractivity contribution is 5.99. The Balaban J connectivity index is 1.86. The second-order valence-electron chi connectivity index (χ2n) is 5.40. The molecule has 0 radical (unpaired) electrons. The number of hydrogen-bond donors (Lipinski definition) is 1. The number of para-hydroxylation sites is 1. The highest BCUT2D eigenvalue weighted by Gasteiger charge is 2.08. The van der Waals surface area contributed by atoms with Gasteiger partial charge < -0.3 is 4.74 Å². The summed E-state index contributed by atoms with van der Waals surface area (Å²) in [5.41, 5.74) is 4.47. The summed E-state index contributed by atoms with van der Waals surface area (Å²) in [4.78, 5) is 22.1. The minimum absolute atomic E-state index is 0.0231. The van der Waals surface area contributed by atoms with Gasteiger partial charge in [-0.3, -0.25) is 14.9 Å². The maximum atomic E-state index is 11.8. The highest BCUT2D eigenvalue weighted by atomic mass is 16.6. The number of amides is 1. The van der Waals surface area contributed by atoms with Crippen molar-refractivity contribution in [3.05, 3.63) is 69.8 Å². The second-order valence-corrected chi connectivity index (χ2v) is 5.40. The van der Waals surface area contributed by atoms with Gasteiger partial charge in [-0.1, -0.05) is 30.3 Å². The molecule has 0 atom stereocenters. The first-order chi connectivity index (χ1) is 12.0. The normalized spacial score (nSPS) is 11.0. The lowest BCUT2D eigenvalue weighted by atomic mass is 10.1. The van der Waals surface area contributed by atoms with E-state index < -0.39 is 4.92 Å². The average molecular weight is 341 g/mol. The number of carbonyl (C=O) groups excluding carboxylic acids is 1. The molecule has 2 rings (SSSR count). The molecule has 0 fully saturated rings. The Labute approximate surface area is 145 Å². The number of hydrazone groups is 1. The quantitative estimate of drug-likeness (QED) is 0.475. The maximum absolute atomic E-state index is 11.8. The number of aryl methyl sites for hydroxylation is 1. The first kappa shape index (κ1) is 18.1. The first-order valence-corrected chi connectivity index (χ1v) is 7.74. The SMILES string of the molecule is C/C(=N/NC(=O)CCOc1ccccc1C)c1cccc([N+](=O)[O-])c1. The topological polar surface area (TPSA) is 93.8 Å². The molecule has 0 bridgehead atoms. The van der Waals surface area contributed by atoms with Crippen LogP contribution in [0.4, 0.5) is 5.69 Å². The Morgan fingerprint density at radius 1 is 1.24 bits per heavy atom. The number of hydrogen-bond acceptors (Lipinski definition) is 5. The van der Waals surface area contributed by atoms with Gasteiger partial charge in [0.2, 0.25) is 5.91 Å². The van der Waals surface area contributed by atoms with Crippen LogP contribution in [0.25, 0.3) is 0 Å². The number of rotatable bonds is 7. The van der Waals surface area contributed by atoms with Crippen LogP contribution in [0.5, 0.6) is 5.75 Å². The molecule has 0 saturated heterocycles. The number of benzene rings is 2. The van der Waals surface area contributed by atoms with Crippen molar-refractivity contribution in [2.24, 2.45) is 5.10 Å². The van der Waals surface area contributed by atoms with E-state index in [9.17, 15) is 14.9 Å². The number of nitrogens with one attached hydrogen (secondary N) is 1. The van der Waals surface area contributed by atoms with Crippen LogP contribution in [0.2, 0.25) is 0 Å². The summed E-state index contributed by atoms with van der Waals surface area (Å²) in [6.07, 6.45) is 0.153. The van der Waals surface area contributed by atoms with Crippen LogP contribution in [0.15, 0.2) is 53.6 Å². The van der Waals surface area contributed by atoms with E-state index in [4.69, 9.17) is 4.74 Å². The van der Waals surface area contributed by atoms with Crippen LogP contribution in [0, 0.1) is 17.0 Å². The third-order valence-electron chi connectivity index (χ3n) is 3.50. The fourth-order valence-electron chi connectivity index (χ4n) is 2.08. The highest BCUT2D eigenvalue weighted by Crippen LogP contribution is 2.16. The van der Waals surface area contributed by atoms with E-state index in [0.717, 1.165) is 11.3 Å². The molecule has 0 heterocycles. The Morgan fingerprint density at radius 2 is 2.00 bits per heavy atom. The van der Waals surface area contributed by atoms with Crippen LogP contribution in [-0.4, -0.2) is 23.1 Å². The van der Waals surface area contributed by atoms with E-state index in [1.807, 2.05) is 31.2 Å². The van der Waals surface area contributed by atoms with Gasteiger partial charge >= 0.3 is 0 Å². The average Bonchev–Trinajstić information content (AvgIpc) is 2.61. The molecule has 0 aliphatic carbocycles. The van der Waals surface area contributed by atoms with E-state index in [-0.39, 0.29) is 24.6 Å². The molecule has 2 aromatic rings. The lowest BCUT2D eigenvalue weighted by molar-refractivity contribution is -0.384. The van der Waals surface area contributed by atoms with E-state index >= 15 is 0 Å². The summed E-state index contributed by atoms with van der Waals surface area (Å²) < 4.78 is 5.56. The Kier molecular flexibility index (Phi) is 6.22. The molecular weight excluding hydrogens is 322 g/mol. The molecule has 1 N–H and O–H groups in total. The van der Waals surface area contributed by atoms with Crippen molar-refractivity contribution in [3.63, 3.8) is 0 Å². The molecule has 0 aliphatic rings. The van der Waals surface area contributed by atoms with E-state index in [2.05, 4.69) is 10.5 Å². The van der Waals surface area contributed by atoms with E-state index in [1.54, 1.807) is 19.1 Å². The van der Waals surface area contributed by atoms with Crippen molar-refractivity contribution < 1.29 is 14.5 Å². The zero-order valence-electron chi connectivity index (χ0n) is 14.1. The predicted octanol–water partition coefficient (Wildman–Crippen LogP) is 3.21. The molecule has 7 nitrogen and oxygen atoms in total. The van der Waals surface area contributed by atoms with Crippen LogP contribution < -0.4 is 10.2 Å². The summed E-state index contributed by atoms with van der Waals surface area (Å²) in [6, 6.07) is 13.6. The summed E-state index contributed by atoms with van der Waals surface area (Å²) in [5, 5.41) is 14.8. The summed E-state index contributed by atoms with van der Waals surface area (Å²) >= 11 is 0. The molecular formula is C18H19N3O4. The van der Waals surface area contributed by atoms with E-state index in [1.165, 1.54) is 12.1 Å². The predicted molar refractivity (Wildman–Crippen MR) is 94.7 cm³/mol. The van der Waals surface area contributed by atoms with Crippen molar-refractivity contribution in [2.75, 3.05) is 6.61 Å². The van der Waals surface area contributed by atoms with Gasteiger partial charge in [0.05, 0.1) is 23.7 Å². The van der Waals surface area contributed by atoms with Crippen LogP contribution in [0.3, 0.4) is 0 Å². The molecule has 0 unspecified atom stereocenters. The van der Waals surface area contributed by atoms with Gasteiger partial charge in [-0.15, -0.1) is 0 Å². The molecule has 0 saturated carbocycles. The van der Waals surface area contributed by atoms with Gasteiger partial charge in [-0.25, -0.2) is 5.43 Å². The van der Waals surface area contributed by atoms with E-state index in [0.29, 0.717) is 11.3 Å². The zero-order chi connectivity index (χ0) is 18.2. The largest absolute Gasteiger partial charge is 0.493 e. The summed E-state index contributed by atoms with van der Waals surface area (Å²) in [5.74, 6) is 0.449. The lowest BCUT2D eigenvalue weighted by Crippen LogP contribution is -2.21. The third-order valence-corrected chi connectivity index (χ3v) is 3.50. The molecule has 7 heteroatoms. The second kappa shape index (κ2) is 8.58. The molecule has 130 valence electrons. The van der Waals surface area contributed by atoms with Crippen molar-refractivity contribution in [3.8, 4) is 5.75 Å². The monoisotopic (exact) mass is 341 g/mol. The molecule has 0 spiro atoms. The van der Waals surface area contributed by atoms with Gasteiger partial charge in [-0.05, 0) is 25.5 Å². The zero-order valence-corrected chi connectivity index (χ0v) is 14.1. The molecule has 2 aromatic carbocycles. The third kappa shape index (κ3) is 5.42. The molecule has 0 aliphatic heterocycles. The standard InChI is InChI=1S/C18H19N3O4/c1-13-6-3-4-9-17(13)25-11-10-18(22)20-19-14(2)15-7-5-8-16(12-15)21(23)24/h3-9,12H,10-11H2,1-2H3,(H,20,22)/b19-14-. The number of ether oxygens (including phenoxy) is 1. The van der Waals surface area contributed by atoms with Crippen molar-refractivity contribution in [1.82, 2.24) is 5.43 Å². The van der Waals surface area contributed by atoms with Crippen molar-refractivity contribution in [2.45, 2.75) is 20.3 Å². The lowest BCUT2D eigenvalue weighted by Gasteiger charge is -2.08. The van der Waals surface area contributed by atoms with Crippen LogP contribution in [0.1, 0.15) is 24.5 Å². The number of nitrogens with zero attached hydrogens (tertiary/aromatic N) is 2. The van der Waals surface area contributed by atoms with Gasteiger partial charge in [-0.2, -0.15) is 5.10 Å². The Morgan fingerprint density at radius 3 is 2.72 bits per heavy atom. The van der Waals surface area contributed by atoms with Gasteiger partial charge in [0, 0.05) is 17.7 Å². The minimum atomic E-state index is -0.474. The molecule has 1 amide bonds. The maximum Gasteiger partial charge on any atom is 0.270 e. The van der Waals surface area contributed by atoms with Gasteiger partial charge in [0.15, 0.2) is 0 Å². The smallest absolute Gasteiger partial charge is 0.270 e. The van der Waals surface area contributed by atoms with Crippen LogP contribution >= 0.6 is 0 Å². The number of carbonyl (C=O) groups is 1. The summed E-state index contributed by atoms with van der Waals surface area (Å²) in [6.45, 7) is 3.84. The van der Waals surface area contributed by atoms with Crippen molar-refractivity contribution in [1.29, 1.82) is 0 Å². The molecule has 0 aromatic heterocycles. The first-order valence-electron chi connectivity index (χ1n) is 7.74. The number of nitro groups is 1. The van der Waals surface area contributed by atoms with Gasteiger partial charge in [0.1, 0.15) is 5.75 Å². The fourth-order valence-corrected chi connectivity index (χ4v) is 2.08. The molecule has 25 heavy (non-hydrogen) atoms. The number of nitro benzene ring substituents is 1. The van der Waals surface area contributed by atoms with Gasteiger partial charge in [0.25, 0.3) is 5.69 Å². The Bertz CT molecular complexity index is 802. The van der Waals surface area contributed by atoms with Crippen molar-refractivity contribution >= 4 is 17.3 Å².